The predicted molar refractivity (Wildman–Crippen MR) is 107 cm³/mol. The largest absolute Gasteiger partial charge is 0.506 e. The van der Waals surface area contributed by atoms with Gasteiger partial charge in [-0.25, -0.2) is 0 Å². The lowest BCUT2D eigenvalue weighted by Crippen LogP contribution is -2.60. The number of carbonyl (C=O) groups is 2. The molecule has 0 radical (unpaired) electrons. The van der Waals surface area contributed by atoms with Crippen LogP contribution in [0.15, 0.2) is 24.3 Å². The van der Waals surface area contributed by atoms with Gasteiger partial charge in [0.25, 0.3) is 5.91 Å². The molecule has 1 aromatic rings. The molecule has 170 valence electrons. The van der Waals surface area contributed by atoms with Crippen molar-refractivity contribution in [1.82, 2.24) is 5.32 Å². The van der Waals surface area contributed by atoms with E-state index in [0.717, 1.165) is 0 Å². The van der Waals surface area contributed by atoms with Crippen molar-refractivity contribution in [3.05, 3.63) is 24.3 Å². The van der Waals surface area contributed by atoms with Gasteiger partial charge < -0.3 is 39.4 Å². The molecule has 31 heavy (non-hydrogen) atoms. The number of aromatic hydroxyl groups is 1. The maximum absolute atomic E-state index is 13.0. The van der Waals surface area contributed by atoms with Gasteiger partial charge in [-0.05, 0) is 46.8 Å². The summed E-state index contributed by atoms with van der Waals surface area (Å²) in [4.78, 5) is 25.5. The molecule has 3 N–H and O–H groups in total. The van der Waals surface area contributed by atoms with Crippen molar-refractivity contribution in [3.63, 3.8) is 0 Å². The summed E-state index contributed by atoms with van der Waals surface area (Å²) in [6.07, 6.45) is -3.73. The second-order valence-electron chi connectivity index (χ2n) is 8.83. The van der Waals surface area contributed by atoms with E-state index in [2.05, 4.69) is 10.6 Å². The highest BCUT2D eigenvalue weighted by Crippen LogP contribution is 2.44. The van der Waals surface area contributed by atoms with Gasteiger partial charge in [-0.2, -0.15) is 0 Å². The van der Waals surface area contributed by atoms with E-state index in [0.29, 0.717) is 0 Å². The van der Waals surface area contributed by atoms with Crippen molar-refractivity contribution in [2.24, 2.45) is 0 Å². The Bertz CT molecular complexity index is 873. The van der Waals surface area contributed by atoms with E-state index in [-0.39, 0.29) is 11.4 Å². The summed E-state index contributed by atoms with van der Waals surface area (Å²) < 4.78 is 29.5. The van der Waals surface area contributed by atoms with Crippen molar-refractivity contribution in [2.75, 3.05) is 5.32 Å². The van der Waals surface area contributed by atoms with Crippen molar-refractivity contribution >= 4 is 17.5 Å². The number of hydrogen-bond donors (Lipinski definition) is 3. The highest BCUT2D eigenvalue weighted by atomic mass is 16.9. The summed E-state index contributed by atoms with van der Waals surface area (Å²) in [6.45, 7) is 8.54. The molecule has 10 nitrogen and oxygen atoms in total. The summed E-state index contributed by atoms with van der Waals surface area (Å²) >= 11 is 0. The Morgan fingerprint density at radius 1 is 0.968 bits per heavy atom. The van der Waals surface area contributed by atoms with E-state index in [1.807, 2.05) is 0 Å². The SMILES string of the molecule is CC(NC(=O)C1O[C@@H]2OC(C)(C)O[C@@H]2[C@H]2OC(C)(C)O[C@@H]12)C(=O)Nc1ccccc1O. The third kappa shape index (κ3) is 4.39. The molecule has 0 bridgehead atoms. The Morgan fingerprint density at radius 3 is 2.29 bits per heavy atom. The van der Waals surface area contributed by atoms with Crippen molar-refractivity contribution < 1.29 is 38.4 Å². The number of anilines is 1. The molecule has 0 aromatic heterocycles. The van der Waals surface area contributed by atoms with Gasteiger partial charge in [0.1, 0.15) is 30.1 Å². The Balaban J connectivity index is 1.46. The second-order valence-corrected chi connectivity index (χ2v) is 8.83. The van der Waals surface area contributed by atoms with Crippen LogP contribution in [0.25, 0.3) is 0 Å². The van der Waals surface area contributed by atoms with Gasteiger partial charge in [-0.15, -0.1) is 0 Å². The van der Waals surface area contributed by atoms with Gasteiger partial charge in [0.05, 0.1) is 5.69 Å². The van der Waals surface area contributed by atoms with Gasteiger partial charge in [0.2, 0.25) is 5.91 Å². The molecule has 3 heterocycles. The number of hydrogen-bond acceptors (Lipinski definition) is 8. The summed E-state index contributed by atoms with van der Waals surface area (Å²) in [5.41, 5.74) is 0.249. The molecular weight excluding hydrogens is 408 g/mol. The molecule has 10 heteroatoms. The number of phenolic OH excluding ortho intramolecular Hbond substituents is 1. The van der Waals surface area contributed by atoms with Crippen LogP contribution in [0, 0.1) is 0 Å². The topological polar surface area (TPSA) is 125 Å². The van der Waals surface area contributed by atoms with Crippen LogP contribution in [0.5, 0.6) is 5.75 Å². The monoisotopic (exact) mass is 436 g/mol. The molecule has 2 amide bonds. The van der Waals surface area contributed by atoms with E-state index in [1.54, 1.807) is 45.9 Å². The lowest BCUT2D eigenvalue weighted by atomic mass is 9.98. The van der Waals surface area contributed by atoms with Gasteiger partial charge in [0, 0.05) is 0 Å². The van der Waals surface area contributed by atoms with Crippen LogP contribution >= 0.6 is 0 Å². The fraction of sp³-hybridized carbons (Fsp3) is 0.619. The molecule has 4 rings (SSSR count). The fourth-order valence-electron chi connectivity index (χ4n) is 4.00. The number of benzene rings is 1. The number of rotatable bonds is 4. The quantitative estimate of drug-likeness (QED) is 0.602. The lowest BCUT2D eigenvalue weighted by molar-refractivity contribution is -0.231. The molecule has 1 aromatic carbocycles. The molecule has 0 aliphatic carbocycles. The lowest BCUT2D eigenvalue weighted by Gasteiger charge is -2.36. The van der Waals surface area contributed by atoms with E-state index >= 15 is 0 Å². The second kappa shape index (κ2) is 7.72. The molecule has 0 saturated carbocycles. The van der Waals surface area contributed by atoms with Gasteiger partial charge in [-0.3, -0.25) is 9.59 Å². The first-order valence-electron chi connectivity index (χ1n) is 10.2. The molecule has 6 atom stereocenters. The number of nitrogens with one attached hydrogen (secondary N) is 2. The van der Waals surface area contributed by atoms with Crippen LogP contribution in [-0.2, 0) is 33.3 Å². The molecule has 3 saturated heterocycles. The molecule has 3 aliphatic heterocycles. The predicted octanol–water partition coefficient (Wildman–Crippen LogP) is 1.23. The van der Waals surface area contributed by atoms with E-state index in [9.17, 15) is 14.7 Å². The minimum absolute atomic E-state index is 0.0707. The zero-order chi connectivity index (χ0) is 22.6. The first kappa shape index (κ1) is 22.0. The Hall–Kier alpha value is -2.24. The zero-order valence-electron chi connectivity index (χ0n) is 18.1. The van der Waals surface area contributed by atoms with Gasteiger partial charge in [0.15, 0.2) is 24.0 Å². The summed E-state index contributed by atoms with van der Waals surface area (Å²) in [5, 5.41) is 15.1. The number of ether oxygens (including phenoxy) is 5. The van der Waals surface area contributed by atoms with Crippen molar-refractivity contribution in [2.45, 2.75) is 82.9 Å². The van der Waals surface area contributed by atoms with E-state index < -0.39 is 60.1 Å². The highest BCUT2D eigenvalue weighted by Gasteiger charge is 2.62. The third-order valence-electron chi connectivity index (χ3n) is 5.33. The van der Waals surface area contributed by atoms with Crippen LogP contribution < -0.4 is 10.6 Å². The number of para-hydroxylation sites is 2. The van der Waals surface area contributed by atoms with Crippen LogP contribution in [0.1, 0.15) is 34.6 Å². The minimum Gasteiger partial charge on any atom is -0.506 e. The number of amides is 2. The standard InChI is InChI=1S/C21H28N2O8/c1-10(17(25)23-11-8-6-7-9-12(11)24)22-18(26)15-13-14(29-20(2,3)28-13)16-19(27-15)31-21(4,5)30-16/h6-10,13-16,19,24H,1-5H3,(H,22,26)(H,23,25)/t10?,13-,14+,15?,16-,19-/m1/s1. The van der Waals surface area contributed by atoms with Crippen LogP contribution in [0.2, 0.25) is 0 Å². The molecule has 3 aliphatic rings. The van der Waals surface area contributed by atoms with Crippen molar-refractivity contribution in [1.29, 1.82) is 0 Å². The fourth-order valence-corrected chi connectivity index (χ4v) is 4.00. The maximum Gasteiger partial charge on any atom is 0.252 e. The summed E-state index contributed by atoms with van der Waals surface area (Å²) in [6, 6.07) is 5.42. The number of carbonyl (C=O) groups excluding carboxylic acids is 2. The average Bonchev–Trinajstić information content (AvgIpc) is 3.16. The Kier molecular flexibility index (Phi) is 5.47. The molecular formula is C21H28N2O8. The van der Waals surface area contributed by atoms with Gasteiger partial charge >= 0.3 is 0 Å². The van der Waals surface area contributed by atoms with Crippen LogP contribution in [0.4, 0.5) is 5.69 Å². The van der Waals surface area contributed by atoms with Crippen LogP contribution in [0.3, 0.4) is 0 Å². The molecule has 2 unspecified atom stereocenters. The zero-order valence-corrected chi connectivity index (χ0v) is 18.1. The third-order valence-corrected chi connectivity index (χ3v) is 5.33. The number of fused-ring (bicyclic) bond motifs is 3. The van der Waals surface area contributed by atoms with E-state index in [4.69, 9.17) is 23.7 Å². The highest BCUT2D eigenvalue weighted by molar-refractivity contribution is 5.98. The normalized spacial score (nSPS) is 33.8. The summed E-state index contributed by atoms with van der Waals surface area (Å²) in [7, 11) is 0. The smallest absolute Gasteiger partial charge is 0.252 e. The van der Waals surface area contributed by atoms with Crippen molar-refractivity contribution in [3.8, 4) is 5.75 Å². The summed E-state index contributed by atoms with van der Waals surface area (Å²) in [5.74, 6) is -2.94. The molecule has 3 fully saturated rings. The maximum atomic E-state index is 13.0. The first-order valence-corrected chi connectivity index (χ1v) is 10.2. The molecule has 0 spiro atoms. The minimum atomic E-state index is -1.06. The first-order chi connectivity index (χ1) is 14.5. The van der Waals surface area contributed by atoms with E-state index in [1.165, 1.54) is 13.0 Å². The number of phenols is 1. The van der Waals surface area contributed by atoms with Crippen LogP contribution in [-0.4, -0.2) is 65.2 Å². The Morgan fingerprint density at radius 2 is 1.58 bits per heavy atom. The van der Waals surface area contributed by atoms with Gasteiger partial charge in [-0.1, -0.05) is 12.1 Å². The Labute approximate surface area is 180 Å². The average molecular weight is 436 g/mol.